The predicted octanol–water partition coefficient (Wildman–Crippen LogP) is 0.928. The van der Waals surface area contributed by atoms with E-state index in [0.717, 1.165) is 44.2 Å². The number of unbranched alkanes of at least 4 members (excludes halogenated alkanes) is 1. The van der Waals surface area contributed by atoms with E-state index in [-0.39, 0.29) is 30.2 Å². The van der Waals surface area contributed by atoms with Crippen molar-refractivity contribution in [3.8, 4) is 11.5 Å². The van der Waals surface area contributed by atoms with Crippen molar-refractivity contribution in [2.45, 2.75) is 68.5 Å². The van der Waals surface area contributed by atoms with Crippen LogP contribution in [0.15, 0.2) is 12.1 Å². The van der Waals surface area contributed by atoms with Crippen LogP contribution in [0.2, 0.25) is 0 Å². The molecule has 1 saturated heterocycles. The molecule has 2 unspecified atom stereocenters. The number of ether oxygens (including phenoxy) is 2. The van der Waals surface area contributed by atoms with Crippen LogP contribution >= 0.6 is 0 Å². The highest BCUT2D eigenvalue weighted by molar-refractivity contribution is 5.89. The van der Waals surface area contributed by atoms with E-state index in [2.05, 4.69) is 17.3 Å². The summed E-state index contributed by atoms with van der Waals surface area (Å²) < 4.78 is 12.2. The Balaban J connectivity index is 1.26. The molecule has 4 aliphatic rings. The zero-order chi connectivity index (χ0) is 26.3. The number of amides is 2. The molecule has 0 radical (unpaired) electrons. The van der Waals surface area contributed by atoms with Crippen molar-refractivity contribution in [2.75, 3.05) is 40.3 Å². The van der Waals surface area contributed by atoms with Crippen LogP contribution in [0.1, 0.15) is 49.7 Å². The Morgan fingerprint density at radius 2 is 2.16 bits per heavy atom. The van der Waals surface area contributed by atoms with Crippen LogP contribution in [0.4, 0.5) is 4.79 Å². The zero-order valence-corrected chi connectivity index (χ0v) is 21.8. The molecule has 2 aliphatic heterocycles. The minimum absolute atomic E-state index is 0.148. The number of carbonyl (C=O) groups is 3. The number of hydrogen-bond acceptors (Lipinski definition) is 8. The molecule has 5 rings (SSSR count). The van der Waals surface area contributed by atoms with Gasteiger partial charge < -0.3 is 36.1 Å². The van der Waals surface area contributed by atoms with Crippen molar-refractivity contribution in [3.05, 3.63) is 23.3 Å². The monoisotopic (exact) mass is 513 g/mol. The second-order valence-corrected chi connectivity index (χ2v) is 11.1. The lowest BCUT2D eigenvalue weighted by atomic mass is 9.52. The summed E-state index contributed by atoms with van der Waals surface area (Å²) >= 11 is 0. The molecule has 2 fully saturated rings. The molecule has 5 atom stereocenters. The van der Waals surface area contributed by atoms with Crippen molar-refractivity contribution in [1.82, 2.24) is 15.1 Å². The summed E-state index contributed by atoms with van der Waals surface area (Å²) in [6.07, 6.45) is 4.35. The van der Waals surface area contributed by atoms with Gasteiger partial charge in [-0.05, 0) is 69.8 Å². The maximum Gasteiger partial charge on any atom is 0.415 e. The molecule has 1 spiro atoms. The predicted molar refractivity (Wildman–Crippen MR) is 138 cm³/mol. The quantitative estimate of drug-likeness (QED) is 0.414. The van der Waals surface area contributed by atoms with E-state index < -0.39 is 18.2 Å². The van der Waals surface area contributed by atoms with Gasteiger partial charge in [-0.1, -0.05) is 12.5 Å². The minimum atomic E-state index is -0.589. The number of carbonyl (C=O) groups excluding carboxylic acids is 3. The standard InChI is InChI=1S/C27H39N5O5/c1-31-13-10-27-17-7-8-20(33)24(27)37-23-21(9-6-16(22(23)27)15-19(17)31)36-26(35)32(2)14-12-30-25(34)18(29)5-3-4-11-28/h6,9,17-19,24H,3-5,7-8,10-15,28-29H2,1-2H3,(H,30,34)/t17?,18-,19+,24?,27-/m0/s1. The first kappa shape index (κ1) is 25.9. The van der Waals surface area contributed by atoms with Gasteiger partial charge in [-0.15, -0.1) is 0 Å². The van der Waals surface area contributed by atoms with E-state index in [1.807, 2.05) is 6.07 Å². The number of nitrogens with zero attached hydrogens (tertiary/aromatic N) is 2. The molecule has 2 bridgehead atoms. The number of benzene rings is 1. The lowest BCUT2D eigenvalue weighted by Gasteiger charge is -2.57. The van der Waals surface area contributed by atoms with E-state index in [4.69, 9.17) is 20.9 Å². The average Bonchev–Trinajstić information content (AvgIpc) is 3.24. The number of hydrogen-bond donors (Lipinski definition) is 3. The summed E-state index contributed by atoms with van der Waals surface area (Å²) in [4.78, 5) is 42.0. The van der Waals surface area contributed by atoms with E-state index in [1.165, 1.54) is 10.5 Å². The molecule has 1 aromatic carbocycles. The third kappa shape index (κ3) is 4.38. The van der Waals surface area contributed by atoms with Crippen molar-refractivity contribution < 1.29 is 23.9 Å². The third-order valence-corrected chi connectivity index (χ3v) is 8.93. The smallest absolute Gasteiger partial charge is 0.415 e. The van der Waals surface area contributed by atoms with Gasteiger partial charge in [0, 0.05) is 43.6 Å². The summed E-state index contributed by atoms with van der Waals surface area (Å²) in [5.74, 6) is 1.18. The van der Waals surface area contributed by atoms with E-state index in [0.29, 0.717) is 42.8 Å². The Bertz CT molecular complexity index is 1080. The average molecular weight is 514 g/mol. The van der Waals surface area contributed by atoms with Gasteiger partial charge in [-0.25, -0.2) is 4.79 Å². The van der Waals surface area contributed by atoms with E-state index >= 15 is 0 Å². The number of Topliss-reactive ketones (excluding diaryl/α,β-unsaturated/α-hetero) is 1. The molecule has 2 aliphatic carbocycles. The highest BCUT2D eigenvalue weighted by Gasteiger charge is 2.65. The van der Waals surface area contributed by atoms with Crippen LogP contribution < -0.4 is 26.3 Å². The number of nitrogens with two attached hydrogens (primary N) is 2. The molecule has 10 heteroatoms. The number of nitrogens with one attached hydrogen (secondary N) is 1. The molecule has 10 nitrogen and oxygen atoms in total. The Labute approximate surface area is 218 Å². The third-order valence-electron chi connectivity index (χ3n) is 8.93. The largest absolute Gasteiger partial charge is 0.477 e. The maximum atomic E-state index is 13.0. The van der Waals surface area contributed by atoms with Crippen molar-refractivity contribution in [2.24, 2.45) is 17.4 Å². The van der Waals surface area contributed by atoms with Crippen LogP contribution in [0.5, 0.6) is 11.5 Å². The lowest BCUT2D eigenvalue weighted by Crippen LogP contribution is -2.65. The summed E-state index contributed by atoms with van der Waals surface area (Å²) in [5, 5.41) is 2.78. The van der Waals surface area contributed by atoms with Gasteiger partial charge in [0.2, 0.25) is 5.91 Å². The molecule has 37 heavy (non-hydrogen) atoms. The van der Waals surface area contributed by atoms with Crippen LogP contribution in [0.25, 0.3) is 0 Å². The fourth-order valence-electron chi connectivity index (χ4n) is 6.97. The molecule has 2 amide bonds. The van der Waals surface area contributed by atoms with E-state index in [1.54, 1.807) is 13.1 Å². The lowest BCUT2D eigenvalue weighted by molar-refractivity contribution is -0.138. The Hall–Kier alpha value is -2.69. The van der Waals surface area contributed by atoms with Gasteiger partial charge in [0.25, 0.3) is 0 Å². The number of likely N-dealkylation sites (N-methyl/N-ethyl adjacent to an activating group) is 2. The summed E-state index contributed by atoms with van der Waals surface area (Å²) in [6, 6.07) is 3.63. The SMILES string of the molecule is CN(CCNC(=O)[C@@H](N)CCCCN)C(=O)Oc1ccc2c3c1OC1C(=O)CCC4[C@@H](C2)N(C)CC[C@]314. The molecule has 2 heterocycles. The van der Waals surface area contributed by atoms with Crippen molar-refractivity contribution >= 4 is 17.8 Å². The second-order valence-electron chi connectivity index (χ2n) is 11.1. The summed E-state index contributed by atoms with van der Waals surface area (Å²) in [6.45, 7) is 2.03. The highest BCUT2D eigenvalue weighted by atomic mass is 16.6. The Morgan fingerprint density at radius 1 is 1.35 bits per heavy atom. The van der Waals surface area contributed by atoms with Gasteiger partial charge >= 0.3 is 6.09 Å². The first-order valence-electron chi connectivity index (χ1n) is 13.5. The van der Waals surface area contributed by atoms with Crippen molar-refractivity contribution in [3.63, 3.8) is 0 Å². The van der Waals surface area contributed by atoms with Crippen LogP contribution in [-0.2, 0) is 21.4 Å². The zero-order valence-electron chi connectivity index (χ0n) is 21.8. The molecule has 0 aromatic heterocycles. The fourth-order valence-corrected chi connectivity index (χ4v) is 6.97. The highest BCUT2D eigenvalue weighted by Crippen LogP contribution is 2.63. The number of piperidine rings is 1. The number of rotatable bonds is 9. The first-order chi connectivity index (χ1) is 17.8. The molecular weight excluding hydrogens is 474 g/mol. The molecule has 1 aromatic rings. The molecular formula is C27H39N5O5. The maximum absolute atomic E-state index is 13.0. The van der Waals surface area contributed by atoms with Gasteiger partial charge in [0.05, 0.1) is 6.04 Å². The van der Waals surface area contributed by atoms with Gasteiger partial charge in [0.1, 0.15) is 0 Å². The molecule has 5 N–H and O–H groups in total. The topological polar surface area (TPSA) is 140 Å². The van der Waals surface area contributed by atoms with Crippen LogP contribution in [0.3, 0.4) is 0 Å². The molecule has 202 valence electrons. The summed E-state index contributed by atoms with van der Waals surface area (Å²) in [5.41, 5.74) is 13.4. The number of ketones is 1. The number of likely N-dealkylation sites (tertiary alicyclic amines) is 1. The van der Waals surface area contributed by atoms with Crippen LogP contribution in [-0.4, -0.2) is 86.0 Å². The Kier molecular flexibility index (Phi) is 7.17. The second kappa shape index (κ2) is 10.2. The first-order valence-corrected chi connectivity index (χ1v) is 13.5. The fraction of sp³-hybridized carbons (Fsp3) is 0.667. The summed E-state index contributed by atoms with van der Waals surface area (Å²) in [7, 11) is 3.79. The minimum Gasteiger partial charge on any atom is -0.477 e. The van der Waals surface area contributed by atoms with E-state index in [9.17, 15) is 14.4 Å². The van der Waals surface area contributed by atoms with Gasteiger partial charge in [0.15, 0.2) is 23.4 Å². The molecule has 1 saturated carbocycles. The Morgan fingerprint density at radius 3 is 2.95 bits per heavy atom. The van der Waals surface area contributed by atoms with Crippen molar-refractivity contribution in [1.29, 1.82) is 0 Å². The van der Waals surface area contributed by atoms with Gasteiger partial charge in [-0.2, -0.15) is 0 Å². The van der Waals surface area contributed by atoms with Crippen LogP contribution in [0, 0.1) is 5.92 Å². The van der Waals surface area contributed by atoms with Gasteiger partial charge in [-0.3, -0.25) is 9.59 Å². The normalized spacial score (nSPS) is 28.2.